The van der Waals surface area contributed by atoms with Gasteiger partial charge in [-0.1, -0.05) is 12.1 Å². The highest BCUT2D eigenvalue weighted by Crippen LogP contribution is 2.35. The first kappa shape index (κ1) is 22.6. The Balaban J connectivity index is 1.43. The van der Waals surface area contributed by atoms with Gasteiger partial charge in [-0.3, -0.25) is 9.69 Å². The summed E-state index contributed by atoms with van der Waals surface area (Å²) in [6.07, 6.45) is 4.12. The normalized spacial score (nSPS) is 18.0. The smallest absolute Gasteiger partial charge is 0.225 e. The van der Waals surface area contributed by atoms with Gasteiger partial charge in [0.2, 0.25) is 11.9 Å². The lowest BCUT2D eigenvalue weighted by Crippen LogP contribution is -2.42. The summed E-state index contributed by atoms with van der Waals surface area (Å²) in [5, 5.41) is 0. The second-order valence-electron chi connectivity index (χ2n) is 8.73. The third-order valence-corrected chi connectivity index (χ3v) is 6.34. The van der Waals surface area contributed by atoms with Crippen LogP contribution in [0.15, 0.2) is 30.5 Å². The largest absolute Gasteiger partial charge is 0.379 e. The highest BCUT2D eigenvalue weighted by Gasteiger charge is 2.27. The lowest BCUT2D eigenvalue weighted by atomic mass is 9.88. The first-order valence-electron chi connectivity index (χ1n) is 11.4. The monoisotopic (exact) mass is 441 g/mol. The topological polar surface area (TPSA) is 61.8 Å². The first-order valence-corrected chi connectivity index (χ1v) is 11.4. The van der Waals surface area contributed by atoms with Gasteiger partial charge < -0.3 is 14.5 Å². The van der Waals surface area contributed by atoms with Gasteiger partial charge in [-0.15, -0.1) is 0 Å². The number of amides is 1. The molecule has 4 rings (SSSR count). The molecule has 2 aliphatic heterocycles. The number of hydrogen-bond donors (Lipinski definition) is 0. The zero-order chi connectivity index (χ0) is 22.5. The van der Waals surface area contributed by atoms with Gasteiger partial charge in [0.25, 0.3) is 0 Å². The molecule has 2 aliphatic rings. The Morgan fingerprint density at radius 2 is 1.81 bits per heavy atom. The maximum Gasteiger partial charge on any atom is 0.225 e. The van der Waals surface area contributed by atoms with E-state index in [9.17, 15) is 9.18 Å². The maximum atomic E-state index is 13.4. The molecule has 8 heteroatoms. The van der Waals surface area contributed by atoms with E-state index >= 15 is 0 Å². The second kappa shape index (κ2) is 10.4. The van der Waals surface area contributed by atoms with Crippen molar-refractivity contribution in [2.75, 3.05) is 64.9 Å². The summed E-state index contributed by atoms with van der Waals surface area (Å²) in [6.45, 7) is 5.59. The number of nitrogens with zero attached hydrogens (tertiary/aromatic N) is 5. The third-order valence-electron chi connectivity index (χ3n) is 6.34. The highest BCUT2D eigenvalue weighted by atomic mass is 19.1. The molecule has 172 valence electrons. The van der Waals surface area contributed by atoms with E-state index in [0.29, 0.717) is 12.4 Å². The molecule has 0 saturated carbocycles. The Labute approximate surface area is 189 Å². The molecule has 7 nitrogen and oxygen atoms in total. The van der Waals surface area contributed by atoms with Crippen molar-refractivity contribution in [1.29, 1.82) is 0 Å². The molecule has 2 saturated heterocycles. The number of likely N-dealkylation sites (tertiary alicyclic amines) is 1. The molecular formula is C24H32FN5O2. The molecule has 3 heterocycles. The minimum Gasteiger partial charge on any atom is -0.379 e. The minimum absolute atomic E-state index is 0.227. The van der Waals surface area contributed by atoms with E-state index in [2.05, 4.69) is 9.88 Å². The maximum absolute atomic E-state index is 13.4. The number of piperidine rings is 1. The van der Waals surface area contributed by atoms with Crippen LogP contribution >= 0.6 is 0 Å². The lowest BCUT2D eigenvalue weighted by molar-refractivity contribution is -0.132. The van der Waals surface area contributed by atoms with Crippen LogP contribution in [0.5, 0.6) is 0 Å². The quantitative estimate of drug-likeness (QED) is 0.687. The van der Waals surface area contributed by atoms with Gasteiger partial charge in [0.1, 0.15) is 5.82 Å². The van der Waals surface area contributed by atoms with Crippen molar-refractivity contribution in [2.24, 2.45) is 0 Å². The summed E-state index contributed by atoms with van der Waals surface area (Å²) in [7, 11) is 3.85. The zero-order valence-electron chi connectivity index (χ0n) is 19.0. The Morgan fingerprint density at radius 3 is 2.47 bits per heavy atom. The second-order valence-corrected chi connectivity index (χ2v) is 8.73. The summed E-state index contributed by atoms with van der Waals surface area (Å²) in [5.74, 6) is 0.866. The van der Waals surface area contributed by atoms with E-state index < -0.39 is 0 Å². The summed E-state index contributed by atoms with van der Waals surface area (Å²) in [6, 6.07) is 6.48. The lowest BCUT2D eigenvalue weighted by Gasteiger charge is -2.33. The van der Waals surface area contributed by atoms with Crippen molar-refractivity contribution in [2.45, 2.75) is 25.2 Å². The molecule has 1 aromatic carbocycles. The fourth-order valence-corrected chi connectivity index (χ4v) is 4.40. The van der Waals surface area contributed by atoms with Crippen molar-refractivity contribution < 1.29 is 13.9 Å². The Kier molecular flexibility index (Phi) is 7.32. The summed E-state index contributed by atoms with van der Waals surface area (Å²) in [4.78, 5) is 28.3. The molecule has 0 spiro atoms. The molecule has 0 radical (unpaired) electrons. The Bertz CT molecular complexity index is 907. The van der Waals surface area contributed by atoms with E-state index in [-0.39, 0.29) is 17.6 Å². The number of carbonyl (C=O) groups excluding carboxylic acids is 1. The molecule has 1 aromatic heterocycles. The number of halogens is 1. The van der Waals surface area contributed by atoms with E-state index in [1.165, 1.54) is 12.1 Å². The number of rotatable bonds is 6. The van der Waals surface area contributed by atoms with E-state index in [1.807, 2.05) is 30.1 Å². The number of aromatic nitrogens is 2. The van der Waals surface area contributed by atoms with Crippen molar-refractivity contribution in [3.05, 3.63) is 42.0 Å². The van der Waals surface area contributed by atoms with Crippen LogP contribution < -0.4 is 4.90 Å². The van der Waals surface area contributed by atoms with Gasteiger partial charge in [0.05, 0.1) is 18.9 Å². The standard InChI is InChI=1S/C24H32FN5O2/c1-28(2)24-26-17-21(18-3-5-20(25)6-4-18)23(27-24)19-7-11-30(12-8-19)22(31)9-10-29-13-15-32-16-14-29/h3-6,17,19H,7-16H2,1-2H3. The minimum atomic E-state index is -0.259. The van der Waals surface area contributed by atoms with Crippen LogP contribution in [0.2, 0.25) is 0 Å². The highest BCUT2D eigenvalue weighted by molar-refractivity contribution is 5.76. The van der Waals surface area contributed by atoms with E-state index in [4.69, 9.17) is 9.72 Å². The molecule has 0 bridgehead atoms. The molecule has 2 aromatic rings. The number of carbonyl (C=O) groups is 1. The molecular weight excluding hydrogens is 409 g/mol. The Morgan fingerprint density at radius 1 is 1.12 bits per heavy atom. The molecule has 0 aliphatic carbocycles. The summed E-state index contributed by atoms with van der Waals surface area (Å²) < 4.78 is 18.8. The zero-order valence-corrected chi connectivity index (χ0v) is 19.0. The third kappa shape index (κ3) is 5.42. The number of morpholine rings is 1. The van der Waals surface area contributed by atoms with Gasteiger partial charge in [0.15, 0.2) is 0 Å². The number of benzene rings is 1. The molecule has 0 N–H and O–H groups in total. The van der Waals surface area contributed by atoms with Crippen LogP contribution in [0.1, 0.15) is 30.9 Å². The molecule has 0 atom stereocenters. The van der Waals surface area contributed by atoms with Gasteiger partial charge in [-0.05, 0) is 30.5 Å². The predicted molar refractivity (Wildman–Crippen MR) is 122 cm³/mol. The average molecular weight is 442 g/mol. The molecule has 2 fully saturated rings. The average Bonchev–Trinajstić information content (AvgIpc) is 2.83. The summed E-state index contributed by atoms with van der Waals surface area (Å²) in [5.41, 5.74) is 2.83. The molecule has 1 amide bonds. The van der Waals surface area contributed by atoms with Gasteiger partial charge in [-0.2, -0.15) is 0 Å². The molecule has 0 unspecified atom stereocenters. The fourth-order valence-electron chi connectivity index (χ4n) is 4.40. The predicted octanol–water partition coefficient (Wildman–Crippen LogP) is 2.78. The van der Waals surface area contributed by atoms with Crippen LogP contribution in [0.3, 0.4) is 0 Å². The SMILES string of the molecule is CN(C)c1ncc(-c2ccc(F)cc2)c(C2CCN(C(=O)CCN3CCOCC3)CC2)n1. The first-order chi connectivity index (χ1) is 15.5. The van der Waals surface area contributed by atoms with Gasteiger partial charge in [0, 0.05) is 70.9 Å². The van der Waals surface area contributed by atoms with Gasteiger partial charge >= 0.3 is 0 Å². The number of anilines is 1. The van der Waals surface area contributed by atoms with Crippen LogP contribution in [0, 0.1) is 5.82 Å². The summed E-state index contributed by atoms with van der Waals surface area (Å²) >= 11 is 0. The van der Waals surface area contributed by atoms with Gasteiger partial charge in [-0.25, -0.2) is 14.4 Å². The van der Waals surface area contributed by atoms with Crippen LogP contribution in [0.25, 0.3) is 11.1 Å². The van der Waals surface area contributed by atoms with E-state index in [1.54, 1.807) is 12.1 Å². The number of hydrogen-bond acceptors (Lipinski definition) is 6. The number of ether oxygens (including phenoxy) is 1. The fraction of sp³-hybridized carbons (Fsp3) is 0.542. The molecule has 32 heavy (non-hydrogen) atoms. The van der Waals surface area contributed by atoms with Crippen LogP contribution in [-0.2, 0) is 9.53 Å². The Hall–Kier alpha value is -2.58. The van der Waals surface area contributed by atoms with Crippen LogP contribution in [-0.4, -0.2) is 85.7 Å². The van der Waals surface area contributed by atoms with Crippen molar-refractivity contribution in [1.82, 2.24) is 19.8 Å². The van der Waals surface area contributed by atoms with Crippen molar-refractivity contribution >= 4 is 11.9 Å². The van der Waals surface area contributed by atoms with Crippen molar-refractivity contribution in [3.8, 4) is 11.1 Å². The van der Waals surface area contributed by atoms with E-state index in [0.717, 1.165) is 75.6 Å². The van der Waals surface area contributed by atoms with Crippen LogP contribution in [0.4, 0.5) is 10.3 Å². The van der Waals surface area contributed by atoms with Crippen molar-refractivity contribution in [3.63, 3.8) is 0 Å².